The number of rotatable bonds is 5. The average Bonchev–Trinajstić information content (AvgIpc) is 2.22. The van der Waals surface area contributed by atoms with Crippen molar-refractivity contribution in [2.24, 2.45) is 5.92 Å². The van der Waals surface area contributed by atoms with E-state index in [4.69, 9.17) is 5.11 Å². The van der Waals surface area contributed by atoms with Crippen molar-refractivity contribution in [3.8, 4) is 5.75 Å². The largest absolute Gasteiger partial charge is 0.508 e. The molecule has 0 saturated carbocycles. The number of aromatic hydroxyl groups is 1. The van der Waals surface area contributed by atoms with Crippen LogP contribution in [0.15, 0.2) is 24.3 Å². The fraction of sp³-hybridized carbons (Fsp3) is 0.571. The van der Waals surface area contributed by atoms with E-state index in [0.29, 0.717) is 5.75 Å². The van der Waals surface area contributed by atoms with Crippen LogP contribution < -0.4 is 0 Å². The molecule has 1 N–H and O–H groups in total. The number of aryl methyl sites for hydroxylation is 1. The third-order valence-electron chi connectivity index (χ3n) is 2.93. The molecule has 1 aromatic carbocycles. The maximum absolute atomic E-state index is 9.13. The van der Waals surface area contributed by atoms with Crippen molar-refractivity contribution in [2.45, 2.75) is 47.0 Å². The minimum absolute atomic E-state index is 0. The van der Waals surface area contributed by atoms with Gasteiger partial charge in [-0.1, -0.05) is 46.2 Å². The van der Waals surface area contributed by atoms with Gasteiger partial charge in [0.05, 0.1) is 0 Å². The smallest absolute Gasteiger partial charge is 0.115 e. The number of benzene rings is 1. The van der Waals surface area contributed by atoms with E-state index in [2.05, 4.69) is 13.8 Å². The lowest BCUT2D eigenvalue weighted by molar-refractivity contribution is 0.455. The summed E-state index contributed by atoms with van der Waals surface area (Å²) in [6.45, 7) is 4.51. The first-order valence-corrected chi connectivity index (χ1v) is 5.54. The van der Waals surface area contributed by atoms with Gasteiger partial charge in [-0.15, -0.1) is 0 Å². The maximum atomic E-state index is 9.13. The molecule has 1 nitrogen and oxygen atoms in total. The van der Waals surface area contributed by atoms with Crippen LogP contribution in [-0.4, -0.2) is 5.11 Å². The van der Waals surface area contributed by atoms with Gasteiger partial charge in [0.15, 0.2) is 0 Å². The predicted octanol–water partition coefficient (Wildman–Crippen LogP) is 4.40. The molecule has 1 heteroatoms. The van der Waals surface area contributed by atoms with E-state index in [1.807, 2.05) is 12.1 Å². The van der Waals surface area contributed by atoms with E-state index in [9.17, 15) is 0 Å². The van der Waals surface area contributed by atoms with Crippen molar-refractivity contribution in [2.75, 3.05) is 0 Å². The van der Waals surface area contributed by atoms with Crippen molar-refractivity contribution in [1.82, 2.24) is 0 Å². The van der Waals surface area contributed by atoms with Crippen LogP contribution in [0, 0.1) is 5.92 Å². The number of phenols is 1. The van der Waals surface area contributed by atoms with Crippen molar-refractivity contribution in [1.29, 1.82) is 0 Å². The molecular formula is C14H24O. The summed E-state index contributed by atoms with van der Waals surface area (Å²) in [5.74, 6) is 1.21. The molecule has 86 valence electrons. The Kier molecular flexibility index (Phi) is 6.85. The van der Waals surface area contributed by atoms with E-state index in [0.717, 1.165) is 12.3 Å². The molecule has 0 unspecified atom stereocenters. The summed E-state index contributed by atoms with van der Waals surface area (Å²) in [5.41, 5.74) is 1.33. The SMILES string of the molecule is C.CCC(CC)CCc1ccc(O)cc1. The van der Waals surface area contributed by atoms with Gasteiger partial charge in [-0.25, -0.2) is 0 Å². The molecule has 0 atom stereocenters. The van der Waals surface area contributed by atoms with Gasteiger partial charge >= 0.3 is 0 Å². The second-order valence-electron chi connectivity index (χ2n) is 3.89. The molecule has 0 amide bonds. The Morgan fingerprint density at radius 2 is 1.60 bits per heavy atom. The van der Waals surface area contributed by atoms with Gasteiger partial charge in [-0.2, -0.15) is 0 Å². The zero-order chi connectivity index (χ0) is 10.4. The molecule has 0 heterocycles. The van der Waals surface area contributed by atoms with E-state index in [1.54, 1.807) is 12.1 Å². The summed E-state index contributed by atoms with van der Waals surface area (Å²) in [4.78, 5) is 0. The van der Waals surface area contributed by atoms with Crippen LogP contribution >= 0.6 is 0 Å². The van der Waals surface area contributed by atoms with Crippen molar-refractivity contribution in [3.05, 3.63) is 29.8 Å². The first-order chi connectivity index (χ1) is 6.76. The van der Waals surface area contributed by atoms with E-state index in [-0.39, 0.29) is 7.43 Å². The van der Waals surface area contributed by atoms with Crippen LogP contribution in [0.4, 0.5) is 0 Å². The van der Waals surface area contributed by atoms with E-state index < -0.39 is 0 Å². The van der Waals surface area contributed by atoms with Gasteiger partial charge in [-0.05, 0) is 36.5 Å². The molecular weight excluding hydrogens is 184 g/mol. The Balaban J connectivity index is 0.00000196. The quantitative estimate of drug-likeness (QED) is 0.760. The van der Waals surface area contributed by atoms with Crippen molar-refractivity contribution in [3.63, 3.8) is 0 Å². The third-order valence-corrected chi connectivity index (χ3v) is 2.93. The maximum Gasteiger partial charge on any atom is 0.115 e. The molecule has 0 aliphatic heterocycles. The molecule has 0 saturated heterocycles. The Labute approximate surface area is 94.2 Å². The summed E-state index contributed by atoms with van der Waals surface area (Å²) < 4.78 is 0. The number of hydrogen-bond acceptors (Lipinski definition) is 1. The standard InChI is InChI=1S/C13H20O.CH4/c1-3-11(4-2)5-6-12-7-9-13(14)10-8-12;/h7-11,14H,3-6H2,1-2H3;1H4. The zero-order valence-corrected chi connectivity index (χ0v) is 9.16. The van der Waals surface area contributed by atoms with Gasteiger partial charge in [0.1, 0.15) is 5.75 Å². The molecule has 1 aromatic rings. The van der Waals surface area contributed by atoms with Gasteiger partial charge in [0, 0.05) is 0 Å². The first kappa shape index (κ1) is 14.0. The molecule has 0 spiro atoms. The van der Waals surface area contributed by atoms with Gasteiger partial charge < -0.3 is 5.11 Å². The Bertz CT molecular complexity index is 247. The highest BCUT2D eigenvalue weighted by Gasteiger charge is 2.03. The Hall–Kier alpha value is -0.980. The lowest BCUT2D eigenvalue weighted by Crippen LogP contribution is -1.98. The molecule has 0 aliphatic carbocycles. The topological polar surface area (TPSA) is 20.2 Å². The fourth-order valence-corrected chi connectivity index (χ4v) is 1.73. The normalized spacial score (nSPS) is 10.1. The van der Waals surface area contributed by atoms with Crippen LogP contribution in [0.3, 0.4) is 0 Å². The highest BCUT2D eigenvalue weighted by molar-refractivity contribution is 5.25. The van der Waals surface area contributed by atoms with Crippen LogP contribution in [0.25, 0.3) is 0 Å². The minimum Gasteiger partial charge on any atom is -0.508 e. The Morgan fingerprint density at radius 1 is 1.07 bits per heavy atom. The molecule has 0 fully saturated rings. The van der Waals surface area contributed by atoms with Gasteiger partial charge in [0.25, 0.3) is 0 Å². The third kappa shape index (κ3) is 4.87. The predicted molar refractivity (Wildman–Crippen MR) is 67.2 cm³/mol. The second kappa shape index (κ2) is 7.33. The summed E-state index contributed by atoms with van der Waals surface area (Å²) in [6.07, 6.45) is 4.94. The highest BCUT2D eigenvalue weighted by Crippen LogP contribution is 2.17. The molecule has 1 rings (SSSR count). The summed E-state index contributed by atoms with van der Waals surface area (Å²) in [7, 11) is 0. The summed E-state index contributed by atoms with van der Waals surface area (Å²) in [5, 5.41) is 9.13. The molecule has 0 bridgehead atoms. The van der Waals surface area contributed by atoms with E-state index in [1.165, 1.54) is 24.8 Å². The highest BCUT2D eigenvalue weighted by atomic mass is 16.3. The minimum atomic E-state index is 0. The molecule has 0 aliphatic rings. The van der Waals surface area contributed by atoms with Gasteiger partial charge in [-0.3, -0.25) is 0 Å². The van der Waals surface area contributed by atoms with Gasteiger partial charge in [0.2, 0.25) is 0 Å². The average molecular weight is 208 g/mol. The summed E-state index contributed by atoms with van der Waals surface area (Å²) >= 11 is 0. The lowest BCUT2D eigenvalue weighted by atomic mass is 9.95. The van der Waals surface area contributed by atoms with Crippen LogP contribution in [0.2, 0.25) is 0 Å². The van der Waals surface area contributed by atoms with Crippen LogP contribution in [0.1, 0.15) is 46.1 Å². The molecule has 0 radical (unpaired) electrons. The van der Waals surface area contributed by atoms with Crippen molar-refractivity contribution < 1.29 is 5.11 Å². The molecule has 0 aromatic heterocycles. The van der Waals surface area contributed by atoms with E-state index >= 15 is 0 Å². The Morgan fingerprint density at radius 3 is 2.07 bits per heavy atom. The van der Waals surface area contributed by atoms with Crippen molar-refractivity contribution >= 4 is 0 Å². The lowest BCUT2D eigenvalue weighted by Gasteiger charge is -2.11. The zero-order valence-electron chi connectivity index (χ0n) is 9.16. The first-order valence-electron chi connectivity index (χ1n) is 5.54. The number of phenolic OH excluding ortho intramolecular Hbond substituents is 1. The summed E-state index contributed by atoms with van der Waals surface area (Å²) in [6, 6.07) is 7.56. The monoisotopic (exact) mass is 208 g/mol. The second-order valence-corrected chi connectivity index (χ2v) is 3.89. The van der Waals surface area contributed by atoms with Crippen LogP contribution in [0.5, 0.6) is 5.75 Å². The fourth-order valence-electron chi connectivity index (χ4n) is 1.73. The van der Waals surface area contributed by atoms with Crippen LogP contribution in [-0.2, 0) is 6.42 Å². The number of hydrogen-bond donors (Lipinski definition) is 1. The molecule has 15 heavy (non-hydrogen) atoms.